The van der Waals surface area contributed by atoms with Crippen LogP contribution in [0, 0.1) is 13.8 Å². The third-order valence-electron chi connectivity index (χ3n) is 4.78. The molecule has 0 unspecified atom stereocenters. The van der Waals surface area contributed by atoms with Crippen LogP contribution in [0.4, 0.5) is 0 Å². The van der Waals surface area contributed by atoms with E-state index in [1.165, 1.54) is 0 Å². The molecule has 26 heavy (non-hydrogen) atoms. The van der Waals surface area contributed by atoms with Gasteiger partial charge in [0.2, 0.25) is 5.78 Å². The molecule has 6 heteroatoms. The highest BCUT2D eigenvalue weighted by Crippen LogP contribution is 2.43. The summed E-state index contributed by atoms with van der Waals surface area (Å²) < 4.78 is 17.0. The number of fused-ring (bicyclic) bond motifs is 2. The van der Waals surface area contributed by atoms with E-state index in [4.69, 9.17) is 14.2 Å². The molecule has 0 saturated carbocycles. The smallest absolute Gasteiger partial charge is 0.232 e. The number of hydrogen-bond acceptors (Lipinski definition) is 6. The van der Waals surface area contributed by atoms with Crippen molar-refractivity contribution in [1.82, 2.24) is 4.90 Å². The molecule has 4 rings (SSSR count). The van der Waals surface area contributed by atoms with Crippen LogP contribution in [0.25, 0.3) is 6.08 Å². The van der Waals surface area contributed by atoms with Crippen molar-refractivity contribution in [3.05, 3.63) is 50.4 Å². The highest BCUT2D eigenvalue weighted by atomic mass is 32.1. The van der Waals surface area contributed by atoms with E-state index in [1.807, 2.05) is 37.4 Å². The number of benzene rings is 1. The predicted molar refractivity (Wildman–Crippen MR) is 101 cm³/mol. The summed E-state index contributed by atoms with van der Waals surface area (Å²) in [4.78, 5) is 16.1. The lowest BCUT2D eigenvalue weighted by molar-refractivity contribution is 0.0649. The third-order valence-corrected chi connectivity index (χ3v) is 5.74. The van der Waals surface area contributed by atoms with Gasteiger partial charge >= 0.3 is 0 Å². The Balaban J connectivity index is 1.66. The number of hydrogen-bond donors (Lipinski definition) is 0. The number of carbonyl (C=O) groups excluding carboxylic acids is 1. The summed E-state index contributed by atoms with van der Waals surface area (Å²) in [6, 6.07) is 3.96. The Labute approximate surface area is 156 Å². The predicted octanol–water partition coefficient (Wildman–Crippen LogP) is 3.78. The lowest BCUT2D eigenvalue weighted by Crippen LogP contribution is -2.34. The number of ether oxygens (including phenoxy) is 3. The largest absolute Gasteiger partial charge is 0.477 e. The lowest BCUT2D eigenvalue weighted by Gasteiger charge is -2.30. The SMILES string of the molecule is COCCN1COc2c(cc3c(c2C)O/C(=C\c2sccc2C)C3=O)C1. The number of rotatable bonds is 4. The number of nitrogens with zero attached hydrogens (tertiary/aromatic N) is 1. The van der Waals surface area contributed by atoms with E-state index in [0.717, 1.165) is 40.4 Å². The second-order valence-corrected chi connectivity index (χ2v) is 7.54. The van der Waals surface area contributed by atoms with E-state index in [0.29, 0.717) is 30.4 Å². The first-order valence-corrected chi connectivity index (χ1v) is 9.45. The summed E-state index contributed by atoms with van der Waals surface area (Å²) in [5, 5.41) is 2.01. The van der Waals surface area contributed by atoms with Crippen LogP contribution < -0.4 is 9.47 Å². The van der Waals surface area contributed by atoms with Crippen molar-refractivity contribution in [3.8, 4) is 11.5 Å². The molecular formula is C20H21NO4S. The average Bonchev–Trinajstić information content (AvgIpc) is 3.18. The molecule has 0 aliphatic carbocycles. The van der Waals surface area contributed by atoms with Crippen molar-refractivity contribution in [3.63, 3.8) is 0 Å². The summed E-state index contributed by atoms with van der Waals surface area (Å²) in [6.45, 7) is 6.68. The fourth-order valence-corrected chi connectivity index (χ4v) is 4.16. The monoisotopic (exact) mass is 371 g/mol. The summed E-state index contributed by atoms with van der Waals surface area (Å²) in [5.74, 6) is 1.78. The number of allylic oxidation sites excluding steroid dienone is 1. The van der Waals surface area contributed by atoms with Gasteiger partial charge < -0.3 is 14.2 Å². The first kappa shape index (κ1) is 17.3. The maximum Gasteiger partial charge on any atom is 0.232 e. The van der Waals surface area contributed by atoms with Gasteiger partial charge in [-0.2, -0.15) is 0 Å². The van der Waals surface area contributed by atoms with E-state index in [9.17, 15) is 4.79 Å². The van der Waals surface area contributed by atoms with Gasteiger partial charge in [-0.05, 0) is 36.9 Å². The van der Waals surface area contributed by atoms with Gasteiger partial charge in [-0.15, -0.1) is 11.3 Å². The second kappa shape index (κ2) is 6.87. The van der Waals surface area contributed by atoms with Crippen molar-refractivity contribution >= 4 is 23.2 Å². The van der Waals surface area contributed by atoms with Gasteiger partial charge in [0.1, 0.15) is 18.2 Å². The number of aryl methyl sites for hydroxylation is 1. The average molecular weight is 371 g/mol. The molecule has 0 atom stereocenters. The Bertz CT molecular complexity index is 899. The van der Waals surface area contributed by atoms with Gasteiger partial charge in [-0.3, -0.25) is 9.69 Å². The van der Waals surface area contributed by atoms with Gasteiger partial charge in [0.05, 0.1) is 12.2 Å². The molecule has 5 nitrogen and oxygen atoms in total. The molecule has 0 bridgehead atoms. The standard InChI is InChI=1S/C20H21NO4S/c1-12-4-7-26-17(12)9-16-18(22)15-8-14-10-21(5-6-23-3)11-24-19(14)13(2)20(15)25-16/h4,7-9H,5-6,10-11H2,1-3H3/b16-9-. The van der Waals surface area contributed by atoms with E-state index in [-0.39, 0.29) is 5.78 Å². The van der Waals surface area contributed by atoms with E-state index in [1.54, 1.807) is 18.4 Å². The first-order chi connectivity index (χ1) is 12.6. The summed E-state index contributed by atoms with van der Waals surface area (Å²) in [7, 11) is 1.69. The van der Waals surface area contributed by atoms with Crippen LogP contribution in [0.15, 0.2) is 23.3 Å². The Morgan fingerprint density at radius 1 is 1.35 bits per heavy atom. The first-order valence-electron chi connectivity index (χ1n) is 8.57. The van der Waals surface area contributed by atoms with E-state index in [2.05, 4.69) is 4.90 Å². The number of Topliss-reactive ketones (excluding diaryl/α,β-unsaturated/α-hetero) is 1. The van der Waals surface area contributed by atoms with Crippen molar-refractivity contribution in [2.45, 2.75) is 20.4 Å². The fourth-order valence-electron chi connectivity index (χ4n) is 3.31. The molecule has 136 valence electrons. The van der Waals surface area contributed by atoms with Gasteiger partial charge in [-0.1, -0.05) is 0 Å². The Kier molecular flexibility index (Phi) is 4.56. The lowest BCUT2D eigenvalue weighted by atomic mass is 10.00. The van der Waals surface area contributed by atoms with E-state index < -0.39 is 0 Å². The van der Waals surface area contributed by atoms with E-state index >= 15 is 0 Å². The van der Waals surface area contributed by atoms with Gasteiger partial charge in [0.15, 0.2) is 5.76 Å². The molecule has 0 fully saturated rings. The van der Waals surface area contributed by atoms with Crippen LogP contribution in [-0.2, 0) is 11.3 Å². The molecule has 2 aliphatic heterocycles. The Morgan fingerprint density at radius 3 is 2.92 bits per heavy atom. The van der Waals surface area contributed by atoms with Gasteiger partial charge in [0, 0.05) is 42.3 Å². The van der Waals surface area contributed by atoms with Crippen LogP contribution in [0.3, 0.4) is 0 Å². The highest BCUT2D eigenvalue weighted by Gasteiger charge is 2.33. The van der Waals surface area contributed by atoms with Crippen molar-refractivity contribution in [1.29, 1.82) is 0 Å². The Morgan fingerprint density at radius 2 is 2.19 bits per heavy atom. The summed E-state index contributed by atoms with van der Waals surface area (Å²) in [5.41, 5.74) is 3.68. The maximum atomic E-state index is 12.9. The highest BCUT2D eigenvalue weighted by molar-refractivity contribution is 7.11. The Hall–Kier alpha value is -2.15. The number of carbonyl (C=O) groups is 1. The fraction of sp³-hybridized carbons (Fsp3) is 0.350. The van der Waals surface area contributed by atoms with Crippen LogP contribution in [0.5, 0.6) is 11.5 Å². The minimum absolute atomic E-state index is 0.0623. The van der Waals surface area contributed by atoms with Crippen molar-refractivity contribution < 1.29 is 19.0 Å². The number of thiophene rings is 1. The zero-order valence-corrected chi connectivity index (χ0v) is 15.9. The third kappa shape index (κ3) is 2.94. The van der Waals surface area contributed by atoms with Crippen molar-refractivity contribution in [2.75, 3.05) is 27.0 Å². The normalized spacial score (nSPS) is 17.8. The molecule has 1 aromatic heterocycles. The topological polar surface area (TPSA) is 48.0 Å². The zero-order chi connectivity index (χ0) is 18.3. The van der Waals surface area contributed by atoms with Crippen LogP contribution >= 0.6 is 11.3 Å². The zero-order valence-electron chi connectivity index (χ0n) is 15.1. The molecule has 2 aliphatic rings. The number of methoxy groups -OCH3 is 1. The van der Waals surface area contributed by atoms with Gasteiger partial charge in [0.25, 0.3) is 0 Å². The van der Waals surface area contributed by atoms with Crippen LogP contribution in [0.2, 0.25) is 0 Å². The minimum Gasteiger partial charge on any atom is -0.477 e. The number of ketones is 1. The molecule has 0 radical (unpaired) electrons. The molecule has 2 aromatic rings. The summed E-state index contributed by atoms with van der Waals surface area (Å²) in [6.07, 6.45) is 1.84. The van der Waals surface area contributed by atoms with Crippen molar-refractivity contribution in [2.24, 2.45) is 0 Å². The van der Waals surface area contributed by atoms with Crippen LogP contribution in [-0.4, -0.2) is 37.7 Å². The molecule has 0 amide bonds. The molecule has 0 saturated heterocycles. The van der Waals surface area contributed by atoms with Gasteiger partial charge in [-0.25, -0.2) is 0 Å². The molecular weight excluding hydrogens is 350 g/mol. The molecule has 0 spiro atoms. The molecule has 1 aromatic carbocycles. The molecule has 0 N–H and O–H groups in total. The quantitative estimate of drug-likeness (QED) is 0.766. The van der Waals surface area contributed by atoms with Crippen LogP contribution in [0.1, 0.15) is 31.9 Å². The molecule has 3 heterocycles. The maximum absolute atomic E-state index is 12.9. The minimum atomic E-state index is -0.0623. The second-order valence-electron chi connectivity index (χ2n) is 6.59. The summed E-state index contributed by atoms with van der Waals surface area (Å²) >= 11 is 1.60.